The molecule has 0 radical (unpaired) electrons. The van der Waals surface area contributed by atoms with Crippen LogP contribution in [-0.2, 0) is 11.3 Å². The molecule has 0 saturated carbocycles. The molecule has 1 aromatic rings. The summed E-state index contributed by atoms with van der Waals surface area (Å²) >= 11 is 0. The first-order chi connectivity index (χ1) is 8.87. The summed E-state index contributed by atoms with van der Waals surface area (Å²) in [6.07, 6.45) is 0.214. The summed E-state index contributed by atoms with van der Waals surface area (Å²) in [4.78, 5) is 0. The van der Waals surface area contributed by atoms with Crippen LogP contribution in [0.2, 0.25) is 25.7 Å². The number of hydrogen-bond acceptors (Lipinski definition) is 2. The highest BCUT2D eigenvalue weighted by Crippen LogP contribution is 2.18. The van der Waals surface area contributed by atoms with Gasteiger partial charge in [-0.25, -0.2) is 0 Å². The summed E-state index contributed by atoms with van der Waals surface area (Å²) in [7, 11) is -1.12. The van der Waals surface area contributed by atoms with E-state index in [4.69, 9.17) is 4.74 Å². The predicted octanol–water partition coefficient (Wildman–Crippen LogP) is 3.85. The first-order valence-electron chi connectivity index (χ1n) is 6.83. The first-order valence-corrected chi connectivity index (χ1v) is 10.5. The van der Waals surface area contributed by atoms with Gasteiger partial charge in [-0.05, 0) is 18.0 Å². The van der Waals surface area contributed by atoms with Crippen molar-refractivity contribution in [3.8, 4) is 0 Å². The summed E-state index contributed by atoms with van der Waals surface area (Å²) < 4.78 is 5.53. The van der Waals surface area contributed by atoms with Crippen molar-refractivity contribution in [1.29, 1.82) is 0 Å². The molecule has 1 aromatic carbocycles. The molecule has 1 rings (SSSR count). The van der Waals surface area contributed by atoms with Crippen molar-refractivity contribution >= 4 is 8.07 Å². The van der Waals surface area contributed by atoms with Crippen molar-refractivity contribution in [2.75, 3.05) is 6.61 Å². The minimum Gasteiger partial charge on any atom is -0.390 e. The van der Waals surface area contributed by atoms with Gasteiger partial charge < -0.3 is 9.84 Å². The Morgan fingerprint density at radius 1 is 1.26 bits per heavy atom. The van der Waals surface area contributed by atoms with Crippen molar-refractivity contribution in [2.45, 2.75) is 44.8 Å². The van der Waals surface area contributed by atoms with Gasteiger partial charge in [0.1, 0.15) is 0 Å². The van der Waals surface area contributed by atoms with E-state index in [2.05, 4.69) is 26.2 Å². The van der Waals surface area contributed by atoms with E-state index in [1.807, 2.05) is 30.3 Å². The van der Waals surface area contributed by atoms with Crippen LogP contribution in [0, 0.1) is 0 Å². The maximum absolute atomic E-state index is 9.92. The number of rotatable bonds is 8. The fourth-order valence-corrected chi connectivity index (χ4v) is 3.75. The van der Waals surface area contributed by atoms with Crippen molar-refractivity contribution in [3.05, 3.63) is 48.0 Å². The molecule has 0 aliphatic heterocycles. The van der Waals surface area contributed by atoms with Crippen LogP contribution in [-0.4, -0.2) is 25.9 Å². The molecule has 0 spiro atoms. The lowest BCUT2D eigenvalue weighted by Gasteiger charge is -2.19. The van der Waals surface area contributed by atoms with Gasteiger partial charge in [0.05, 0.1) is 19.3 Å². The van der Waals surface area contributed by atoms with E-state index in [1.54, 1.807) is 0 Å². The van der Waals surface area contributed by atoms with Gasteiger partial charge >= 0.3 is 0 Å². The summed E-state index contributed by atoms with van der Waals surface area (Å²) in [5, 5.41) is 9.92. The lowest BCUT2D eigenvalue weighted by molar-refractivity contribution is 0.0289. The third kappa shape index (κ3) is 7.98. The number of hydrogen-bond donors (Lipinski definition) is 1. The highest BCUT2D eigenvalue weighted by atomic mass is 28.3. The van der Waals surface area contributed by atoms with E-state index in [1.165, 1.54) is 0 Å². The Morgan fingerprint density at radius 3 is 2.47 bits per heavy atom. The maximum atomic E-state index is 9.92. The van der Waals surface area contributed by atoms with Crippen LogP contribution in [0.1, 0.15) is 12.0 Å². The van der Waals surface area contributed by atoms with E-state index in [0.717, 1.165) is 17.2 Å². The number of aliphatic hydroxyl groups is 1. The van der Waals surface area contributed by atoms with E-state index >= 15 is 0 Å². The third-order valence-corrected chi connectivity index (χ3v) is 4.29. The van der Waals surface area contributed by atoms with Crippen LogP contribution in [0.5, 0.6) is 0 Å². The zero-order valence-corrected chi connectivity index (χ0v) is 13.4. The normalized spacial score (nSPS) is 13.3. The lowest BCUT2D eigenvalue weighted by Crippen LogP contribution is -2.22. The Morgan fingerprint density at radius 2 is 1.89 bits per heavy atom. The van der Waals surface area contributed by atoms with Gasteiger partial charge in [-0.15, -0.1) is 6.58 Å². The van der Waals surface area contributed by atoms with Crippen LogP contribution < -0.4 is 0 Å². The molecule has 3 heteroatoms. The summed E-state index contributed by atoms with van der Waals surface area (Å²) in [6, 6.07) is 11.1. The quantitative estimate of drug-likeness (QED) is 0.578. The van der Waals surface area contributed by atoms with E-state index in [0.29, 0.717) is 19.6 Å². The van der Waals surface area contributed by atoms with Crippen molar-refractivity contribution in [1.82, 2.24) is 0 Å². The Hall–Kier alpha value is -0.903. The number of benzene rings is 1. The summed E-state index contributed by atoms with van der Waals surface area (Å²) in [5.74, 6) is 0. The first kappa shape index (κ1) is 16.2. The highest BCUT2D eigenvalue weighted by molar-refractivity contribution is 6.76. The monoisotopic (exact) mass is 278 g/mol. The fourth-order valence-electron chi connectivity index (χ4n) is 2.10. The molecule has 0 saturated heterocycles. The van der Waals surface area contributed by atoms with Gasteiger partial charge in [-0.2, -0.15) is 0 Å². The minimum atomic E-state index is -1.12. The van der Waals surface area contributed by atoms with E-state index in [9.17, 15) is 5.11 Å². The van der Waals surface area contributed by atoms with Gasteiger partial charge in [-0.3, -0.25) is 0 Å². The molecule has 1 N–H and O–H groups in total. The molecule has 0 aromatic heterocycles. The molecule has 0 unspecified atom stereocenters. The smallest absolute Gasteiger partial charge is 0.0810 e. The molecular weight excluding hydrogens is 252 g/mol. The molecule has 0 fully saturated rings. The molecule has 19 heavy (non-hydrogen) atoms. The summed E-state index contributed by atoms with van der Waals surface area (Å²) in [5.41, 5.74) is 2.28. The largest absolute Gasteiger partial charge is 0.390 e. The molecular formula is C16H26O2Si. The highest BCUT2D eigenvalue weighted by Gasteiger charge is 2.16. The van der Waals surface area contributed by atoms with Crippen LogP contribution in [0.4, 0.5) is 0 Å². The van der Waals surface area contributed by atoms with E-state index in [-0.39, 0.29) is 0 Å². The number of aliphatic hydroxyl groups excluding tert-OH is 1. The van der Waals surface area contributed by atoms with Gasteiger partial charge in [0.2, 0.25) is 0 Å². The standard InChI is InChI=1S/C16H26O2Si/c1-14(13-19(2,3)4)10-16(17)12-18-11-15-8-6-5-7-9-15/h5-9,16-17H,1,10-13H2,2-4H3/t16-/m1/s1. The Kier molecular flexibility index (Phi) is 6.49. The average molecular weight is 278 g/mol. The number of ether oxygens (including phenoxy) is 1. The SMILES string of the molecule is C=C(C[C@@H](O)COCc1ccccc1)C[Si](C)(C)C. The zero-order chi connectivity index (χ0) is 14.3. The van der Waals surface area contributed by atoms with Crippen LogP contribution in [0.25, 0.3) is 0 Å². The molecule has 0 aliphatic rings. The van der Waals surface area contributed by atoms with Crippen LogP contribution >= 0.6 is 0 Å². The minimum absolute atomic E-state index is 0.375. The van der Waals surface area contributed by atoms with Gasteiger partial charge in [0, 0.05) is 8.07 Å². The van der Waals surface area contributed by atoms with Gasteiger partial charge in [0.25, 0.3) is 0 Å². The van der Waals surface area contributed by atoms with Crippen molar-refractivity contribution in [3.63, 3.8) is 0 Å². The molecule has 0 heterocycles. The second kappa shape index (κ2) is 7.63. The Bertz CT molecular complexity index is 381. The Labute approximate surface area is 118 Å². The molecule has 0 amide bonds. The van der Waals surface area contributed by atoms with Crippen LogP contribution in [0.3, 0.4) is 0 Å². The molecule has 2 nitrogen and oxygen atoms in total. The zero-order valence-electron chi connectivity index (χ0n) is 12.4. The topological polar surface area (TPSA) is 29.5 Å². The lowest BCUT2D eigenvalue weighted by atomic mass is 10.1. The third-order valence-electron chi connectivity index (χ3n) is 2.73. The summed E-state index contributed by atoms with van der Waals surface area (Å²) in [6.45, 7) is 11.9. The Balaban J connectivity index is 2.21. The van der Waals surface area contributed by atoms with E-state index < -0.39 is 14.2 Å². The van der Waals surface area contributed by atoms with Crippen molar-refractivity contribution in [2.24, 2.45) is 0 Å². The van der Waals surface area contributed by atoms with Crippen LogP contribution in [0.15, 0.2) is 42.5 Å². The fraction of sp³-hybridized carbons (Fsp3) is 0.500. The second-order valence-electron chi connectivity index (χ2n) is 6.35. The van der Waals surface area contributed by atoms with Gasteiger partial charge in [0.15, 0.2) is 0 Å². The molecule has 1 atom stereocenters. The molecule has 106 valence electrons. The second-order valence-corrected chi connectivity index (χ2v) is 11.8. The molecule has 0 bridgehead atoms. The molecule has 0 aliphatic carbocycles. The van der Waals surface area contributed by atoms with Crippen molar-refractivity contribution < 1.29 is 9.84 Å². The predicted molar refractivity (Wildman–Crippen MR) is 84.0 cm³/mol. The maximum Gasteiger partial charge on any atom is 0.0810 e. The van der Waals surface area contributed by atoms with Gasteiger partial charge in [-0.1, -0.05) is 55.5 Å². The average Bonchev–Trinajstić information content (AvgIpc) is 2.27.